The number of rotatable bonds is 2. The quantitative estimate of drug-likeness (QED) is 0.460. The summed E-state index contributed by atoms with van der Waals surface area (Å²) in [5, 5.41) is 4.03. The molecule has 1 rings (SSSR count). The Balaban J connectivity index is 2.39. The van der Waals surface area contributed by atoms with Gasteiger partial charge in [-0.2, -0.15) is 0 Å². The fourth-order valence-corrected chi connectivity index (χ4v) is 1.86. The predicted molar refractivity (Wildman–Crippen MR) is 51.3 cm³/mol. The molecular formula is C10H19NO. The highest BCUT2D eigenvalue weighted by atomic mass is 16.6. The molecule has 0 aliphatic heterocycles. The number of hydrogen-bond donors (Lipinski definition) is 0. The predicted octanol–water partition coefficient (Wildman–Crippen LogP) is 2.98. The first-order chi connectivity index (χ1) is 5.86. The molecule has 0 N–H and O–H groups in total. The van der Waals surface area contributed by atoms with Gasteiger partial charge in [0.25, 0.3) is 0 Å². The zero-order valence-electron chi connectivity index (χ0n) is 8.18. The molecule has 1 saturated carbocycles. The average Bonchev–Trinajstić information content (AvgIpc) is 2.31. The van der Waals surface area contributed by atoms with Crippen LogP contribution in [0.15, 0.2) is 5.16 Å². The summed E-state index contributed by atoms with van der Waals surface area (Å²) in [6.45, 7) is 2.28. The van der Waals surface area contributed by atoms with E-state index in [0.717, 1.165) is 18.8 Å². The normalized spacial score (nSPS) is 28.5. The smallest absolute Gasteiger partial charge is 0.106 e. The molecule has 0 aromatic rings. The Morgan fingerprint density at radius 1 is 1.42 bits per heavy atom. The van der Waals surface area contributed by atoms with Crippen molar-refractivity contribution in [2.24, 2.45) is 11.1 Å². The summed E-state index contributed by atoms with van der Waals surface area (Å²) in [6, 6.07) is 0. The number of oxime groups is 1. The average molecular weight is 169 g/mol. The first-order valence-electron chi connectivity index (χ1n) is 4.95. The molecule has 2 heteroatoms. The van der Waals surface area contributed by atoms with Crippen LogP contribution >= 0.6 is 0 Å². The van der Waals surface area contributed by atoms with E-state index in [4.69, 9.17) is 4.84 Å². The van der Waals surface area contributed by atoms with Gasteiger partial charge in [-0.05, 0) is 31.6 Å². The molecule has 1 atom stereocenters. The maximum atomic E-state index is 4.79. The van der Waals surface area contributed by atoms with Crippen molar-refractivity contribution in [3.8, 4) is 0 Å². The van der Waals surface area contributed by atoms with Crippen LogP contribution in [-0.4, -0.2) is 12.8 Å². The molecule has 0 aromatic carbocycles. The summed E-state index contributed by atoms with van der Waals surface area (Å²) in [4.78, 5) is 4.79. The van der Waals surface area contributed by atoms with Crippen molar-refractivity contribution in [3.05, 3.63) is 0 Å². The minimum Gasteiger partial charge on any atom is -0.399 e. The van der Waals surface area contributed by atoms with E-state index in [9.17, 15) is 0 Å². The monoisotopic (exact) mass is 169 g/mol. The Kier molecular flexibility index (Phi) is 4.12. The van der Waals surface area contributed by atoms with Gasteiger partial charge in [0, 0.05) is 0 Å². The van der Waals surface area contributed by atoms with Crippen LogP contribution in [0.5, 0.6) is 0 Å². The van der Waals surface area contributed by atoms with Crippen LogP contribution in [-0.2, 0) is 4.84 Å². The van der Waals surface area contributed by atoms with Crippen molar-refractivity contribution >= 4 is 5.71 Å². The van der Waals surface area contributed by atoms with Crippen LogP contribution in [0.2, 0.25) is 0 Å². The molecule has 1 aliphatic rings. The van der Waals surface area contributed by atoms with Gasteiger partial charge in [0.1, 0.15) is 7.11 Å². The summed E-state index contributed by atoms with van der Waals surface area (Å²) in [5.41, 5.74) is 1.26. The summed E-state index contributed by atoms with van der Waals surface area (Å²) < 4.78 is 0. The Bertz CT molecular complexity index is 154. The molecule has 1 aliphatic carbocycles. The van der Waals surface area contributed by atoms with E-state index in [2.05, 4.69) is 12.1 Å². The van der Waals surface area contributed by atoms with Crippen molar-refractivity contribution in [2.75, 3.05) is 7.11 Å². The molecule has 1 unspecified atom stereocenters. The molecule has 12 heavy (non-hydrogen) atoms. The molecule has 70 valence electrons. The van der Waals surface area contributed by atoms with Crippen LogP contribution < -0.4 is 0 Å². The lowest BCUT2D eigenvalue weighted by Crippen LogP contribution is -1.98. The topological polar surface area (TPSA) is 21.6 Å². The molecule has 0 bridgehead atoms. The fourth-order valence-electron chi connectivity index (χ4n) is 1.86. The standard InChI is InChI=1S/C10H19NO/c1-3-9-5-4-6-10(8-7-9)11-12-2/h9H,3-8H2,1-2H3/b11-10-. The van der Waals surface area contributed by atoms with E-state index >= 15 is 0 Å². The van der Waals surface area contributed by atoms with Crippen LogP contribution in [0.3, 0.4) is 0 Å². The van der Waals surface area contributed by atoms with Gasteiger partial charge in [-0.15, -0.1) is 0 Å². The highest BCUT2D eigenvalue weighted by Gasteiger charge is 2.13. The van der Waals surface area contributed by atoms with Crippen LogP contribution in [0.4, 0.5) is 0 Å². The second kappa shape index (κ2) is 5.18. The summed E-state index contributed by atoms with van der Waals surface area (Å²) in [6.07, 6.45) is 7.58. The van der Waals surface area contributed by atoms with Gasteiger partial charge in [-0.25, -0.2) is 0 Å². The third-order valence-electron chi connectivity index (χ3n) is 2.72. The molecule has 0 aromatic heterocycles. The lowest BCUT2D eigenvalue weighted by atomic mass is 9.98. The highest BCUT2D eigenvalue weighted by Crippen LogP contribution is 2.23. The molecule has 1 fully saturated rings. The zero-order valence-corrected chi connectivity index (χ0v) is 8.18. The van der Waals surface area contributed by atoms with Gasteiger partial charge >= 0.3 is 0 Å². The lowest BCUT2D eigenvalue weighted by Gasteiger charge is -2.08. The van der Waals surface area contributed by atoms with Crippen molar-refractivity contribution < 1.29 is 4.84 Å². The second-order valence-electron chi connectivity index (χ2n) is 3.55. The first-order valence-corrected chi connectivity index (χ1v) is 4.95. The van der Waals surface area contributed by atoms with E-state index < -0.39 is 0 Å². The largest absolute Gasteiger partial charge is 0.399 e. The van der Waals surface area contributed by atoms with Gasteiger partial charge in [0.15, 0.2) is 0 Å². The van der Waals surface area contributed by atoms with Crippen LogP contribution in [0, 0.1) is 5.92 Å². The third kappa shape index (κ3) is 2.84. The molecule has 0 radical (unpaired) electrons. The molecule has 2 nitrogen and oxygen atoms in total. The minimum absolute atomic E-state index is 0.926. The molecular weight excluding hydrogens is 150 g/mol. The Morgan fingerprint density at radius 2 is 2.25 bits per heavy atom. The van der Waals surface area contributed by atoms with Crippen LogP contribution in [0.25, 0.3) is 0 Å². The molecule has 0 spiro atoms. The van der Waals surface area contributed by atoms with E-state index in [1.807, 2.05) is 0 Å². The van der Waals surface area contributed by atoms with Crippen molar-refractivity contribution in [1.82, 2.24) is 0 Å². The molecule has 0 amide bonds. The van der Waals surface area contributed by atoms with Crippen molar-refractivity contribution in [3.63, 3.8) is 0 Å². The fraction of sp³-hybridized carbons (Fsp3) is 0.900. The zero-order chi connectivity index (χ0) is 8.81. The summed E-state index contributed by atoms with van der Waals surface area (Å²) >= 11 is 0. The second-order valence-corrected chi connectivity index (χ2v) is 3.55. The van der Waals surface area contributed by atoms with Gasteiger partial charge in [-0.3, -0.25) is 0 Å². The van der Waals surface area contributed by atoms with E-state index in [0.29, 0.717) is 0 Å². The number of hydrogen-bond acceptors (Lipinski definition) is 2. The lowest BCUT2D eigenvalue weighted by molar-refractivity contribution is 0.211. The SMILES string of the molecule is CCC1CCC/C(=N/OC)CC1. The van der Waals surface area contributed by atoms with Gasteiger partial charge < -0.3 is 4.84 Å². The molecule has 0 heterocycles. The minimum atomic E-state index is 0.926. The molecule has 0 saturated heterocycles. The highest BCUT2D eigenvalue weighted by molar-refractivity contribution is 5.84. The van der Waals surface area contributed by atoms with Gasteiger partial charge in [0.2, 0.25) is 0 Å². The Hall–Kier alpha value is -0.530. The summed E-state index contributed by atoms with van der Waals surface area (Å²) in [5.74, 6) is 0.926. The van der Waals surface area contributed by atoms with Gasteiger partial charge in [0.05, 0.1) is 5.71 Å². The maximum absolute atomic E-state index is 4.79. The Labute approximate surface area is 75.0 Å². The van der Waals surface area contributed by atoms with Crippen LogP contribution in [0.1, 0.15) is 45.4 Å². The van der Waals surface area contributed by atoms with Crippen molar-refractivity contribution in [1.29, 1.82) is 0 Å². The van der Waals surface area contributed by atoms with E-state index in [1.165, 1.54) is 31.4 Å². The first kappa shape index (κ1) is 9.56. The third-order valence-corrected chi connectivity index (χ3v) is 2.72. The summed E-state index contributed by atoms with van der Waals surface area (Å²) in [7, 11) is 1.63. The number of nitrogens with zero attached hydrogens (tertiary/aromatic N) is 1. The Morgan fingerprint density at radius 3 is 2.92 bits per heavy atom. The van der Waals surface area contributed by atoms with E-state index in [-0.39, 0.29) is 0 Å². The van der Waals surface area contributed by atoms with Gasteiger partial charge in [-0.1, -0.05) is 24.9 Å². The maximum Gasteiger partial charge on any atom is 0.106 e. The van der Waals surface area contributed by atoms with Crippen molar-refractivity contribution in [2.45, 2.75) is 45.4 Å². The van der Waals surface area contributed by atoms with E-state index in [1.54, 1.807) is 7.11 Å².